The lowest BCUT2D eigenvalue weighted by Gasteiger charge is -2.38. The molecule has 27 heavy (non-hydrogen) atoms. The lowest BCUT2D eigenvalue weighted by atomic mass is 10.1. The topological polar surface area (TPSA) is 43.9 Å². The van der Waals surface area contributed by atoms with Crippen LogP contribution in [0.5, 0.6) is 0 Å². The number of benzene rings is 2. The summed E-state index contributed by atoms with van der Waals surface area (Å²) in [7, 11) is 0. The molecular weight excluding hydrogens is 352 g/mol. The van der Waals surface area contributed by atoms with Gasteiger partial charge < -0.3 is 4.90 Å². The molecule has 7 heteroatoms. The minimum Gasteiger partial charge on any atom is -0.369 e. The first-order chi connectivity index (χ1) is 13.0. The van der Waals surface area contributed by atoms with Crippen molar-refractivity contribution in [3.8, 4) is 0 Å². The molecule has 0 N–H and O–H groups in total. The van der Waals surface area contributed by atoms with Crippen molar-refractivity contribution in [1.29, 1.82) is 0 Å². The Morgan fingerprint density at radius 1 is 0.852 bits per heavy atom. The maximum atomic E-state index is 14.0. The lowest BCUT2D eigenvalue weighted by Crippen LogP contribution is -2.52. The van der Waals surface area contributed by atoms with Gasteiger partial charge in [-0.3, -0.25) is 14.5 Å². The van der Waals surface area contributed by atoms with Crippen molar-refractivity contribution >= 4 is 23.2 Å². The first-order valence-electron chi connectivity index (χ1n) is 8.90. The van der Waals surface area contributed by atoms with Gasteiger partial charge >= 0.3 is 0 Å². The zero-order valence-electron chi connectivity index (χ0n) is 14.6. The summed E-state index contributed by atoms with van der Waals surface area (Å²) in [6, 6.07) is 11.6. The number of imide groups is 1. The second kappa shape index (κ2) is 7.08. The largest absolute Gasteiger partial charge is 0.369 e. The van der Waals surface area contributed by atoms with Crippen molar-refractivity contribution in [2.75, 3.05) is 36.0 Å². The molecule has 4 rings (SSSR count). The molecule has 0 saturated carbocycles. The van der Waals surface area contributed by atoms with E-state index in [0.717, 1.165) is 10.6 Å². The van der Waals surface area contributed by atoms with Crippen LogP contribution in [0.3, 0.4) is 0 Å². The Labute approximate surface area is 155 Å². The molecule has 2 aromatic carbocycles. The summed E-state index contributed by atoms with van der Waals surface area (Å²) in [5.74, 6) is -1.61. The fraction of sp³-hybridized carbons (Fsp3) is 0.300. The van der Waals surface area contributed by atoms with E-state index < -0.39 is 11.9 Å². The normalized spacial score (nSPS) is 21.2. The van der Waals surface area contributed by atoms with E-state index in [9.17, 15) is 18.4 Å². The van der Waals surface area contributed by atoms with Crippen molar-refractivity contribution in [3.05, 3.63) is 60.2 Å². The molecule has 0 aliphatic carbocycles. The van der Waals surface area contributed by atoms with Gasteiger partial charge in [0.15, 0.2) is 0 Å². The average Bonchev–Trinajstić information content (AvgIpc) is 2.97. The third-order valence-electron chi connectivity index (χ3n) is 5.16. The van der Waals surface area contributed by atoms with Crippen molar-refractivity contribution in [2.45, 2.75) is 12.5 Å². The minimum atomic E-state index is -0.582. The molecule has 0 radical (unpaired) electrons. The van der Waals surface area contributed by atoms with E-state index in [1.807, 2.05) is 4.90 Å². The van der Waals surface area contributed by atoms with Crippen LogP contribution in [0.1, 0.15) is 6.42 Å². The van der Waals surface area contributed by atoms with Crippen LogP contribution in [0, 0.1) is 11.6 Å². The van der Waals surface area contributed by atoms with Gasteiger partial charge in [0.2, 0.25) is 5.91 Å². The van der Waals surface area contributed by atoms with Gasteiger partial charge in [-0.15, -0.1) is 0 Å². The van der Waals surface area contributed by atoms with E-state index in [2.05, 4.69) is 4.90 Å². The molecule has 2 fully saturated rings. The van der Waals surface area contributed by atoms with Gasteiger partial charge in [-0.1, -0.05) is 12.1 Å². The molecule has 2 aromatic rings. The Morgan fingerprint density at radius 2 is 1.52 bits per heavy atom. The monoisotopic (exact) mass is 371 g/mol. The number of anilines is 2. The highest BCUT2D eigenvalue weighted by atomic mass is 19.1. The quantitative estimate of drug-likeness (QED) is 0.778. The standard InChI is InChI=1S/C20H19F2N3O2/c21-14-5-7-15(8-6-14)23-9-11-24(12-10-23)18-13-19(26)25(20(18)27)17-4-2-1-3-16(17)22/h1-8,18H,9-13H2/t18-/m0/s1. The Kier molecular flexibility index (Phi) is 4.61. The molecular formula is C20H19F2N3O2. The third kappa shape index (κ3) is 3.30. The highest BCUT2D eigenvalue weighted by molar-refractivity contribution is 6.22. The van der Waals surface area contributed by atoms with Crippen LogP contribution in [0.25, 0.3) is 0 Å². The van der Waals surface area contributed by atoms with Crippen LogP contribution in [0.15, 0.2) is 48.5 Å². The molecule has 140 valence electrons. The molecule has 1 atom stereocenters. The van der Waals surface area contributed by atoms with E-state index in [-0.39, 0.29) is 29.7 Å². The van der Waals surface area contributed by atoms with Gasteiger partial charge in [-0.05, 0) is 36.4 Å². The van der Waals surface area contributed by atoms with Crippen molar-refractivity contribution < 1.29 is 18.4 Å². The predicted octanol–water partition coefficient (Wildman–Crippen LogP) is 2.42. The van der Waals surface area contributed by atoms with Crippen LogP contribution in [0.2, 0.25) is 0 Å². The van der Waals surface area contributed by atoms with Gasteiger partial charge in [0.1, 0.15) is 11.6 Å². The number of hydrogen-bond donors (Lipinski definition) is 0. The zero-order chi connectivity index (χ0) is 19.0. The highest BCUT2D eigenvalue weighted by Gasteiger charge is 2.44. The molecule has 0 spiro atoms. The van der Waals surface area contributed by atoms with E-state index in [1.54, 1.807) is 18.2 Å². The van der Waals surface area contributed by atoms with E-state index in [1.165, 1.54) is 30.3 Å². The Hall–Kier alpha value is -2.80. The first kappa shape index (κ1) is 17.6. The van der Waals surface area contributed by atoms with E-state index in [0.29, 0.717) is 26.2 Å². The number of carbonyl (C=O) groups excluding carboxylic acids is 2. The number of amides is 2. The lowest BCUT2D eigenvalue weighted by molar-refractivity contribution is -0.123. The fourth-order valence-electron chi connectivity index (χ4n) is 3.73. The molecule has 0 unspecified atom stereocenters. The van der Waals surface area contributed by atoms with Crippen LogP contribution in [0.4, 0.5) is 20.2 Å². The maximum absolute atomic E-state index is 14.0. The summed E-state index contributed by atoms with van der Waals surface area (Å²) in [5, 5.41) is 0. The predicted molar refractivity (Wildman–Crippen MR) is 97.5 cm³/mol. The summed E-state index contributed by atoms with van der Waals surface area (Å²) in [5.41, 5.74) is 0.942. The zero-order valence-corrected chi connectivity index (χ0v) is 14.6. The van der Waals surface area contributed by atoms with Crippen molar-refractivity contribution in [1.82, 2.24) is 4.90 Å². The van der Waals surface area contributed by atoms with Gasteiger partial charge in [0.05, 0.1) is 18.2 Å². The number of carbonyl (C=O) groups is 2. The first-order valence-corrected chi connectivity index (χ1v) is 8.90. The number of nitrogens with zero attached hydrogens (tertiary/aromatic N) is 3. The van der Waals surface area contributed by atoms with Crippen LogP contribution in [-0.4, -0.2) is 48.9 Å². The van der Waals surface area contributed by atoms with Crippen LogP contribution in [-0.2, 0) is 9.59 Å². The molecule has 0 bridgehead atoms. The van der Waals surface area contributed by atoms with Gasteiger partial charge in [0.25, 0.3) is 5.91 Å². The number of piperazine rings is 1. The molecule has 2 aliphatic heterocycles. The minimum absolute atomic E-state index is 0.0138. The van der Waals surface area contributed by atoms with E-state index >= 15 is 0 Å². The second-order valence-corrected chi connectivity index (χ2v) is 6.74. The van der Waals surface area contributed by atoms with Gasteiger partial charge in [-0.2, -0.15) is 0 Å². The van der Waals surface area contributed by atoms with Crippen LogP contribution < -0.4 is 9.80 Å². The summed E-state index contributed by atoms with van der Waals surface area (Å²) >= 11 is 0. The summed E-state index contributed by atoms with van der Waals surface area (Å²) in [4.78, 5) is 30.2. The Balaban J connectivity index is 1.45. The van der Waals surface area contributed by atoms with Crippen molar-refractivity contribution in [2.24, 2.45) is 0 Å². The number of para-hydroxylation sites is 1. The van der Waals surface area contributed by atoms with E-state index in [4.69, 9.17) is 0 Å². The molecule has 5 nitrogen and oxygen atoms in total. The molecule has 0 aromatic heterocycles. The molecule has 2 aliphatic rings. The molecule has 2 saturated heterocycles. The summed E-state index contributed by atoms with van der Waals surface area (Å²) < 4.78 is 27.1. The number of hydrogen-bond acceptors (Lipinski definition) is 4. The van der Waals surface area contributed by atoms with Crippen LogP contribution >= 0.6 is 0 Å². The number of rotatable bonds is 3. The molecule has 2 amide bonds. The smallest absolute Gasteiger partial charge is 0.251 e. The number of halogens is 2. The fourth-order valence-corrected chi connectivity index (χ4v) is 3.73. The van der Waals surface area contributed by atoms with Gasteiger partial charge in [0, 0.05) is 31.9 Å². The summed E-state index contributed by atoms with van der Waals surface area (Å²) in [6.07, 6.45) is 0.0592. The maximum Gasteiger partial charge on any atom is 0.251 e. The highest BCUT2D eigenvalue weighted by Crippen LogP contribution is 2.28. The SMILES string of the molecule is O=C1C[C@H](N2CCN(c3ccc(F)cc3)CC2)C(=O)N1c1ccccc1F. The Bertz CT molecular complexity index is 864. The van der Waals surface area contributed by atoms with Crippen molar-refractivity contribution in [3.63, 3.8) is 0 Å². The molecule has 2 heterocycles. The van der Waals surface area contributed by atoms with Gasteiger partial charge in [-0.25, -0.2) is 13.7 Å². The second-order valence-electron chi connectivity index (χ2n) is 6.74. The summed E-state index contributed by atoms with van der Waals surface area (Å²) in [6.45, 7) is 2.55. The average molecular weight is 371 g/mol. The Morgan fingerprint density at radius 3 is 2.19 bits per heavy atom. The third-order valence-corrected chi connectivity index (χ3v) is 5.16.